The van der Waals surface area contributed by atoms with Gasteiger partial charge in [0.2, 0.25) is 0 Å². The molecule has 24 heavy (non-hydrogen) atoms. The summed E-state index contributed by atoms with van der Waals surface area (Å²) in [5.74, 6) is -0.222. The lowest BCUT2D eigenvalue weighted by atomic mass is 9.68. The number of primary amides is 2. The van der Waals surface area contributed by atoms with Crippen LogP contribution in [0.5, 0.6) is 0 Å². The van der Waals surface area contributed by atoms with E-state index in [0.29, 0.717) is 19.3 Å². The Bertz CT molecular complexity index is 597. The topological polar surface area (TPSA) is 105 Å². The second-order valence-corrected chi connectivity index (χ2v) is 7.37. The molecule has 1 aliphatic rings. The second kappa shape index (κ2) is 6.71. The Morgan fingerprint density at radius 3 is 2.29 bits per heavy atom. The van der Waals surface area contributed by atoms with Crippen molar-refractivity contribution >= 4 is 12.2 Å². The van der Waals surface area contributed by atoms with E-state index in [4.69, 9.17) is 20.9 Å². The molecule has 1 fully saturated rings. The highest BCUT2D eigenvalue weighted by Crippen LogP contribution is 2.52. The zero-order valence-corrected chi connectivity index (χ0v) is 14.5. The first-order chi connectivity index (χ1) is 11.2. The number of carbonyl (C=O) groups excluding carboxylic acids is 2. The fraction of sp³-hybridized carbons (Fsp3) is 0.556. The van der Waals surface area contributed by atoms with Crippen LogP contribution in [0.1, 0.15) is 39.2 Å². The summed E-state index contributed by atoms with van der Waals surface area (Å²) in [7, 11) is 0. The Balaban J connectivity index is 2.42. The predicted molar refractivity (Wildman–Crippen MR) is 90.2 cm³/mol. The summed E-state index contributed by atoms with van der Waals surface area (Å²) in [6.07, 6.45) is -0.311. The summed E-state index contributed by atoms with van der Waals surface area (Å²) < 4.78 is 11.0. The first-order valence-corrected chi connectivity index (χ1v) is 8.14. The van der Waals surface area contributed by atoms with Gasteiger partial charge in [-0.05, 0) is 24.8 Å². The fourth-order valence-electron chi connectivity index (χ4n) is 3.89. The maximum absolute atomic E-state index is 11.6. The third-order valence-corrected chi connectivity index (χ3v) is 4.97. The Morgan fingerprint density at radius 1 is 1.17 bits per heavy atom. The zero-order chi connectivity index (χ0) is 18.0. The third kappa shape index (κ3) is 3.63. The molecule has 2 amide bonds. The summed E-state index contributed by atoms with van der Waals surface area (Å²) >= 11 is 0. The molecule has 3 atom stereocenters. The highest BCUT2D eigenvalue weighted by molar-refractivity contribution is 5.66. The van der Waals surface area contributed by atoms with Crippen molar-refractivity contribution in [1.29, 1.82) is 0 Å². The van der Waals surface area contributed by atoms with Gasteiger partial charge >= 0.3 is 12.2 Å². The lowest BCUT2D eigenvalue weighted by molar-refractivity contribution is -0.106. The Kier molecular flexibility index (Phi) is 5.06. The van der Waals surface area contributed by atoms with E-state index in [1.54, 1.807) is 0 Å². The first-order valence-electron chi connectivity index (χ1n) is 8.14. The number of ether oxygens (including phenoxy) is 2. The van der Waals surface area contributed by atoms with Gasteiger partial charge in [0.1, 0.15) is 11.7 Å². The molecule has 0 radical (unpaired) electrons. The Labute approximate surface area is 142 Å². The molecule has 1 aromatic rings. The van der Waals surface area contributed by atoms with Crippen molar-refractivity contribution in [2.24, 2.45) is 22.8 Å². The SMILES string of the molecule is CC(C)(C)[C@]1(OC(N)=O)CC[C@H](OC(N)=O)C1Cc1ccccc1. The quantitative estimate of drug-likeness (QED) is 0.883. The molecule has 0 bridgehead atoms. The van der Waals surface area contributed by atoms with Gasteiger partial charge in [0.25, 0.3) is 0 Å². The van der Waals surface area contributed by atoms with E-state index in [1.807, 2.05) is 51.1 Å². The minimum atomic E-state index is -0.825. The van der Waals surface area contributed by atoms with Crippen LogP contribution in [-0.4, -0.2) is 23.9 Å². The van der Waals surface area contributed by atoms with Crippen LogP contribution in [0, 0.1) is 11.3 Å². The molecule has 6 heteroatoms. The monoisotopic (exact) mass is 334 g/mol. The summed E-state index contributed by atoms with van der Waals surface area (Å²) in [4.78, 5) is 22.9. The van der Waals surface area contributed by atoms with E-state index in [0.717, 1.165) is 5.56 Å². The lowest BCUT2D eigenvalue weighted by Crippen LogP contribution is -2.53. The molecular formula is C18H26N2O4. The number of carbonyl (C=O) groups is 2. The molecule has 4 N–H and O–H groups in total. The number of nitrogens with two attached hydrogens (primary N) is 2. The molecule has 1 unspecified atom stereocenters. The minimum absolute atomic E-state index is 0.222. The molecule has 1 aliphatic carbocycles. The van der Waals surface area contributed by atoms with Crippen LogP contribution in [0.25, 0.3) is 0 Å². The highest BCUT2D eigenvalue weighted by atomic mass is 16.6. The van der Waals surface area contributed by atoms with Gasteiger partial charge in [-0.2, -0.15) is 0 Å². The summed E-state index contributed by atoms with van der Waals surface area (Å²) in [6.45, 7) is 6.00. The first kappa shape index (κ1) is 18.1. The van der Waals surface area contributed by atoms with Crippen LogP contribution in [0.3, 0.4) is 0 Å². The van der Waals surface area contributed by atoms with E-state index in [-0.39, 0.29) is 11.3 Å². The molecule has 6 nitrogen and oxygen atoms in total. The van der Waals surface area contributed by atoms with Crippen molar-refractivity contribution in [2.75, 3.05) is 0 Å². The zero-order valence-electron chi connectivity index (χ0n) is 14.5. The van der Waals surface area contributed by atoms with Crippen molar-refractivity contribution in [1.82, 2.24) is 0 Å². The van der Waals surface area contributed by atoms with Gasteiger partial charge in [-0.15, -0.1) is 0 Å². The van der Waals surface area contributed by atoms with Crippen molar-refractivity contribution in [3.63, 3.8) is 0 Å². The molecule has 0 aromatic heterocycles. The molecule has 2 rings (SSSR count). The number of rotatable bonds is 4. The maximum atomic E-state index is 11.6. The number of benzene rings is 1. The van der Waals surface area contributed by atoms with Gasteiger partial charge in [0.15, 0.2) is 0 Å². The maximum Gasteiger partial charge on any atom is 0.405 e. The second-order valence-electron chi connectivity index (χ2n) is 7.37. The normalized spacial score (nSPS) is 26.8. The molecule has 0 heterocycles. The van der Waals surface area contributed by atoms with Gasteiger partial charge < -0.3 is 20.9 Å². The van der Waals surface area contributed by atoms with E-state index in [9.17, 15) is 9.59 Å². The van der Waals surface area contributed by atoms with Gasteiger partial charge in [-0.1, -0.05) is 51.1 Å². The van der Waals surface area contributed by atoms with Crippen LogP contribution >= 0.6 is 0 Å². The predicted octanol–water partition coefficient (Wildman–Crippen LogP) is 2.98. The van der Waals surface area contributed by atoms with Crippen LogP contribution in [0.15, 0.2) is 30.3 Å². The average Bonchev–Trinajstić information content (AvgIpc) is 2.78. The largest absolute Gasteiger partial charge is 0.446 e. The minimum Gasteiger partial charge on any atom is -0.446 e. The van der Waals surface area contributed by atoms with Crippen LogP contribution in [0.2, 0.25) is 0 Å². The summed E-state index contributed by atoms with van der Waals surface area (Å²) in [5, 5.41) is 0. The smallest absolute Gasteiger partial charge is 0.405 e. The van der Waals surface area contributed by atoms with Gasteiger partial charge in [-0.3, -0.25) is 0 Å². The lowest BCUT2D eigenvalue weighted by Gasteiger charge is -2.45. The van der Waals surface area contributed by atoms with Gasteiger partial charge in [0, 0.05) is 11.3 Å². The fourth-order valence-corrected chi connectivity index (χ4v) is 3.89. The molecule has 132 valence electrons. The van der Waals surface area contributed by atoms with Crippen LogP contribution < -0.4 is 11.5 Å². The molecule has 0 spiro atoms. The van der Waals surface area contributed by atoms with E-state index in [1.165, 1.54) is 0 Å². The van der Waals surface area contributed by atoms with E-state index < -0.39 is 23.9 Å². The van der Waals surface area contributed by atoms with E-state index >= 15 is 0 Å². The van der Waals surface area contributed by atoms with Crippen molar-refractivity contribution in [2.45, 2.75) is 51.7 Å². The van der Waals surface area contributed by atoms with Gasteiger partial charge in [-0.25, -0.2) is 9.59 Å². The van der Waals surface area contributed by atoms with Crippen molar-refractivity contribution < 1.29 is 19.1 Å². The molecular weight excluding hydrogens is 308 g/mol. The molecule has 1 saturated carbocycles. The highest BCUT2D eigenvalue weighted by Gasteiger charge is 2.58. The van der Waals surface area contributed by atoms with E-state index in [2.05, 4.69) is 0 Å². The van der Waals surface area contributed by atoms with Crippen molar-refractivity contribution in [3.8, 4) is 0 Å². The third-order valence-electron chi connectivity index (χ3n) is 4.97. The van der Waals surface area contributed by atoms with Crippen LogP contribution in [-0.2, 0) is 15.9 Å². The molecule has 1 aromatic carbocycles. The summed E-state index contributed by atoms with van der Waals surface area (Å²) in [6, 6.07) is 9.82. The standard InChI is InChI=1S/C18H26N2O4/c1-17(2,3)18(24-16(20)22)10-9-14(23-15(19)21)13(18)11-12-7-5-4-6-8-12/h4-8,13-14H,9-11H2,1-3H3,(H2,19,21)(H2,20,22)/t13?,14-,18-/m0/s1. The molecule has 0 aliphatic heterocycles. The number of hydrogen-bond acceptors (Lipinski definition) is 4. The van der Waals surface area contributed by atoms with Gasteiger partial charge in [0.05, 0.1) is 0 Å². The van der Waals surface area contributed by atoms with Crippen LogP contribution in [0.4, 0.5) is 9.59 Å². The number of amides is 2. The van der Waals surface area contributed by atoms with Crippen molar-refractivity contribution in [3.05, 3.63) is 35.9 Å². The summed E-state index contributed by atoms with van der Waals surface area (Å²) in [5.41, 5.74) is 10.5. The Hall–Kier alpha value is -2.24. The average molecular weight is 334 g/mol. The number of hydrogen-bond donors (Lipinski definition) is 2. The Morgan fingerprint density at radius 2 is 1.79 bits per heavy atom. The molecule has 0 saturated heterocycles.